The van der Waals surface area contributed by atoms with Crippen LogP contribution in [-0.4, -0.2) is 6.04 Å². The SMILES string of the molecule is CCCC[C@@H](CCC)N=[N+]=[N-]. The second-order valence-electron chi connectivity index (χ2n) is 2.79. The summed E-state index contributed by atoms with van der Waals surface area (Å²) in [5.74, 6) is 0. The number of unbranched alkanes of at least 4 members (excludes halogenated alkanes) is 1. The number of azide groups is 1. The lowest BCUT2D eigenvalue weighted by Gasteiger charge is -2.07. The molecule has 3 heteroatoms. The Labute approximate surface area is 68.4 Å². The summed E-state index contributed by atoms with van der Waals surface area (Å²) in [5.41, 5.74) is 8.22. The van der Waals surface area contributed by atoms with E-state index in [1.54, 1.807) is 0 Å². The molecule has 0 aliphatic heterocycles. The molecule has 1 atom stereocenters. The molecule has 0 heterocycles. The highest BCUT2D eigenvalue weighted by atomic mass is 15.1. The van der Waals surface area contributed by atoms with Crippen LogP contribution in [-0.2, 0) is 0 Å². The molecule has 0 N–H and O–H groups in total. The van der Waals surface area contributed by atoms with Gasteiger partial charge in [0.05, 0.1) is 0 Å². The monoisotopic (exact) mass is 155 g/mol. The zero-order chi connectivity index (χ0) is 8.53. The van der Waals surface area contributed by atoms with E-state index >= 15 is 0 Å². The van der Waals surface area contributed by atoms with E-state index in [1.165, 1.54) is 12.8 Å². The third-order valence-corrected chi connectivity index (χ3v) is 1.73. The molecule has 0 fully saturated rings. The molecule has 0 bridgehead atoms. The highest BCUT2D eigenvalue weighted by molar-refractivity contribution is 4.65. The summed E-state index contributed by atoms with van der Waals surface area (Å²) >= 11 is 0. The lowest BCUT2D eigenvalue weighted by molar-refractivity contribution is 0.533. The Bertz CT molecular complexity index is 127. The van der Waals surface area contributed by atoms with Crippen molar-refractivity contribution in [1.29, 1.82) is 0 Å². The fourth-order valence-electron chi connectivity index (χ4n) is 1.11. The number of hydrogen-bond donors (Lipinski definition) is 0. The molecule has 0 radical (unpaired) electrons. The van der Waals surface area contributed by atoms with Crippen molar-refractivity contribution in [1.82, 2.24) is 0 Å². The molecule has 11 heavy (non-hydrogen) atoms. The minimum atomic E-state index is 0.241. The van der Waals surface area contributed by atoms with Gasteiger partial charge in [-0.1, -0.05) is 38.2 Å². The fourth-order valence-corrected chi connectivity index (χ4v) is 1.11. The van der Waals surface area contributed by atoms with E-state index in [1.807, 2.05) is 0 Å². The van der Waals surface area contributed by atoms with Crippen LogP contribution in [0.4, 0.5) is 0 Å². The molecule has 0 saturated carbocycles. The van der Waals surface area contributed by atoms with Crippen molar-refractivity contribution >= 4 is 0 Å². The van der Waals surface area contributed by atoms with Crippen LogP contribution in [0, 0.1) is 0 Å². The molecule has 0 aromatic heterocycles. The first kappa shape index (κ1) is 10.3. The van der Waals surface area contributed by atoms with E-state index in [4.69, 9.17) is 5.53 Å². The van der Waals surface area contributed by atoms with Gasteiger partial charge in [0.2, 0.25) is 0 Å². The molecule has 0 aliphatic rings. The summed E-state index contributed by atoms with van der Waals surface area (Å²) in [6.45, 7) is 4.27. The van der Waals surface area contributed by atoms with Crippen LogP contribution in [0.1, 0.15) is 46.0 Å². The Morgan fingerprint density at radius 1 is 1.27 bits per heavy atom. The van der Waals surface area contributed by atoms with Gasteiger partial charge >= 0.3 is 0 Å². The molecule has 3 nitrogen and oxygen atoms in total. The molecular formula is C8H17N3. The van der Waals surface area contributed by atoms with Gasteiger partial charge in [0.1, 0.15) is 0 Å². The minimum Gasteiger partial charge on any atom is -0.0906 e. The first-order valence-electron chi connectivity index (χ1n) is 4.39. The molecule has 0 rings (SSSR count). The quantitative estimate of drug-likeness (QED) is 0.319. The predicted octanol–water partition coefficient (Wildman–Crippen LogP) is 3.66. The van der Waals surface area contributed by atoms with E-state index in [2.05, 4.69) is 23.9 Å². The molecule has 0 unspecified atom stereocenters. The summed E-state index contributed by atoms with van der Waals surface area (Å²) in [6.07, 6.45) is 5.54. The fraction of sp³-hybridized carbons (Fsp3) is 1.00. The zero-order valence-corrected chi connectivity index (χ0v) is 7.45. The van der Waals surface area contributed by atoms with Gasteiger partial charge in [-0.25, -0.2) is 0 Å². The maximum Gasteiger partial charge on any atom is 0.0374 e. The van der Waals surface area contributed by atoms with Gasteiger partial charge in [0.15, 0.2) is 0 Å². The van der Waals surface area contributed by atoms with Gasteiger partial charge in [-0.2, -0.15) is 0 Å². The van der Waals surface area contributed by atoms with E-state index in [9.17, 15) is 0 Å². The Kier molecular flexibility index (Phi) is 6.95. The van der Waals surface area contributed by atoms with Crippen molar-refractivity contribution in [3.63, 3.8) is 0 Å². The van der Waals surface area contributed by atoms with Crippen molar-refractivity contribution in [2.75, 3.05) is 0 Å². The lowest BCUT2D eigenvalue weighted by atomic mass is 10.1. The Balaban J connectivity index is 3.59. The number of rotatable bonds is 6. The van der Waals surface area contributed by atoms with E-state index in [0.717, 1.165) is 19.3 Å². The van der Waals surface area contributed by atoms with Crippen LogP contribution in [0.15, 0.2) is 5.11 Å². The van der Waals surface area contributed by atoms with Crippen molar-refractivity contribution in [2.24, 2.45) is 5.11 Å². The van der Waals surface area contributed by atoms with Crippen molar-refractivity contribution in [2.45, 2.75) is 52.0 Å². The van der Waals surface area contributed by atoms with Crippen molar-refractivity contribution in [3.8, 4) is 0 Å². The maximum atomic E-state index is 8.22. The second-order valence-corrected chi connectivity index (χ2v) is 2.79. The van der Waals surface area contributed by atoms with Gasteiger partial charge in [-0.05, 0) is 18.4 Å². The lowest BCUT2D eigenvalue weighted by Crippen LogP contribution is -2.01. The average molecular weight is 155 g/mol. The number of hydrogen-bond acceptors (Lipinski definition) is 1. The van der Waals surface area contributed by atoms with Gasteiger partial charge in [0.25, 0.3) is 0 Å². The molecule has 0 saturated heterocycles. The van der Waals surface area contributed by atoms with E-state index < -0.39 is 0 Å². The van der Waals surface area contributed by atoms with E-state index in [0.29, 0.717) is 0 Å². The largest absolute Gasteiger partial charge is 0.0906 e. The second kappa shape index (κ2) is 7.42. The smallest absolute Gasteiger partial charge is 0.0374 e. The average Bonchev–Trinajstić information content (AvgIpc) is 2.01. The Hall–Kier alpha value is -0.690. The van der Waals surface area contributed by atoms with E-state index in [-0.39, 0.29) is 6.04 Å². The van der Waals surface area contributed by atoms with Gasteiger partial charge < -0.3 is 0 Å². The topological polar surface area (TPSA) is 48.8 Å². The predicted molar refractivity (Wildman–Crippen MR) is 47.4 cm³/mol. The molecular weight excluding hydrogens is 138 g/mol. The van der Waals surface area contributed by atoms with Crippen LogP contribution in [0.2, 0.25) is 0 Å². The van der Waals surface area contributed by atoms with Crippen molar-refractivity contribution < 1.29 is 0 Å². The summed E-state index contributed by atoms with van der Waals surface area (Å²) in [5, 5.41) is 3.73. The summed E-state index contributed by atoms with van der Waals surface area (Å²) in [4.78, 5) is 2.83. The van der Waals surface area contributed by atoms with Crippen LogP contribution in [0.3, 0.4) is 0 Å². The van der Waals surface area contributed by atoms with Crippen LogP contribution >= 0.6 is 0 Å². The maximum absolute atomic E-state index is 8.22. The number of nitrogens with zero attached hydrogens (tertiary/aromatic N) is 3. The normalized spacial score (nSPS) is 12.2. The molecule has 0 aliphatic carbocycles. The standard InChI is InChI=1S/C8H17N3/c1-3-5-7-8(6-4-2)10-11-9/h8H,3-7H2,1-2H3/t8-/m1/s1. The molecule has 64 valence electrons. The van der Waals surface area contributed by atoms with Crippen LogP contribution in [0.25, 0.3) is 10.4 Å². The highest BCUT2D eigenvalue weighted by Gasteiger charge is 2.02. The molecule has 0 aromatic rings. The third kappa shape index (κ3) is 5.74. The van der Waals surface area contributed by atoms with Gasteiger partial charge in [-0.15, -0.1) is 0 Å². The summed E-state index contributed by atoms with van der Waals surface area (Å²) in [6, 6.07) is 0.241. The summed E-state index contributed by atoms with van der Waals surface area (Å²) in [7, 11) is 0. The third-order valence-electron chi connectivity index (χ3n) is 1.73. The summed E-state index contributed by atoms with van der Waals surface area (Å²) < 4.78 is 0. The first-order chi connectivity index (χ1) is 5.35. The van der Waals surface area contributed by atoms with Crippen molar-refractivity contribution in [3.05, 3.63) is 10.4 Å². The van der Waals surface area contributed by atoms with Crippen LogP contribution in [0.5, 0.6) is 0 Å². The highest BCUT2D eigenvalue weighted by Crippen LogP contribution is 2.10. The Morgan fingerprint density at radius 2 is 2.00 bits per heavy atom. The Morgan fingerprint density at radius 3 is 2.45 bits per heavy atom. The molecule has 0 spiro atoms. The van der Waals surface area contributed by atoms with Crippen LogP contribution < -0.4 is 0 Å². The molecule has 0 amide bonds. The van der Waals surface area contributed by atoms with Gasteiger partial charge in [-0.3, -0.25) is 0 Å². The zero-order valence-electron chi connectivity index (χ0n) is 7.45. The minimum absolute atomic E-state index is 0.241. The van der Waals surface area contributed by atoms with Gasteiger partial charge in [0, 0.05) is 11.0 Å². The molecule has 0 aromatic carbocycles. The first-order valence-corrected chi connectivity index (χ1v) is 4.39.